The van der Waals surface area contributed by atoms with Crippen molar-refractivity contribution in [3.05, 3.63) is 76.1 Å². The Morgan fingerprint density at radius 2 is 1.41 bits per heavy atom. The van der Waals surface area contributed by atoms with Crippen molar-refractivity contribution in [3.63, 3.8) is 0 Å². The van der Waals surface area contributed by atoms with Gasteiger partial charge in [0.05, 0.1) is 0 Å². The van der Waals surface area contributed by atoms with Crippen LogP contribution in [0.3, 0.4) is 0 Å². The van der Waals surface area contributed by atoms with Crippen LogP contribution in [-0.4, -0.2) is 0 Å². The Morgan fingerprint density at radius 1 is 0.781 bits per heavy atom. The quantitative estimate of drug-likeness (QED) is 0.435. The van der Waals surface area contributed by atoms with Crippen LogP contribution in [0.1, 0.15) is 99.3 Å². The highest BCUT2D eigenvalue weighted by Crippen LogP contribution is 2.39. The summed E-state index contributed by atoms with van der Waals surface area (Å²) in [6.45, 7) is 4.26. The van der Waals surface area contributed by atoms with Crippen LogP contribution < -0.4 is 0 Å². The average molecular weight is 441 g/mol. The van der Waals surface area contributed by atoms with Crippen molar-refractivity contribution in [2.45, 2.75) is 83.5 Å². The van der Waals surface area contributed by atoms with Crippen LogP contribution in [0.2, 0.25) is 0 Å². The molecule has 0 aliphatic heterocycles. The number of benzene rings is 2. The second-order valence-electron chi connectivity index (χ2n) is 10.0. The van der Waals surface area contributed by atoms with Gasteiger partial charge in [-0.1, -0.05) is 63.1 Å². The van der Waals surface area contributed by atoms with Gasteiger partial charge in [0.1, 0.15) is 5.82 Å². The maximum Gasteiger partial charge on any atom is 0.166 e. The van der Waals surface area contributed by atoms with Crippen molar-refractivity contribution in [1.29, 1.82) is 0 Å². The molecule has 2 aromatic rings. The molecule has 2 aromatic carbocycles. The van der Waals surface area contributed by atoms with Crippen LogP contribution in [-0.2, 0) is 6.42 Å². The van der Waals surface area contributed by atoms with Gasteiger partial charge < -0.3 is 0 Å². The Morgan fingerprint density at radius 3 is 2.06 bits per heavy atom. The minimum atomic E-state index is -0.718. The standard InChI is InChI=1S/C29H35F3/c1-3-20-9-16-25(27(30)18-20)22-12-6-21(7-13-22)8-14-24-15-17-26(29(32)28(24)31)23-10-4-19(2)5-11-23/h8-9,14-19,21-23H,3-7,10-13H2,1-2H3. The predicted octanol–water partition coefficient (Wildman–Crippen LogP) is 8.95. The molecule has 0 amide bonds. The first-order chi connectivity index (χ1) is 15.5. The summed E-state index contributed by atoms with van der Waals surface area (Å²) in [4.78, 5) is 0. The molecule has 0 nitrogen and oxygen atoms in total. The molecule has 2 saturated carbocycles. The largest absolute Gasteiger partial charge is 0.207 e. The van der Waals surface area contributed by atoms with E-state index >= 15 is 0 Å². The van der Waals surface area contributed by atoms with Crippen LogP contribution in [0.25, 0.3) is 6.08 Å². The summed E-state index contributed by atoms with van der Waals surface area (Å²) in [6.07, 6.45) is 12.4. The monoisotopic (exact) mass is 440 g/mol. The average Bonchev–Trinajstić information content (AvgIpc) is 2.81. The third kappa shape index (κ3) is 5.13. The van der Waals surface area contributed by atoms with Gasteiger partial charge in [-0.15, -0.1) is 0 Å². The van der Waals surface area contributed by atoms with Crippen molar-refractivity contribution in [2.75, 3.05) is 0 Å². The summed E-state index contributed by atoms with van der Waals surface area (Å²) in [5.41, 5.74) is 2.73. The SMILES string of the molecule is CCc1ccc(C2CCC(C=Cc3ccc(C4CCC(C)CC4)c(F)c3F)CC2)c(F)c1. The Balaban J connectivity index is 1.37. The van der Waals surface area contributed by atoms with Crippen molar-refractivity contribution in [3.8, 4) is 0 Å². The second-order valence-corrected chi connectivity index (χ2v) is 10.0. The zero-order valence-corrected chi connectivity index (χ0v) is 19.3. The molecule has 3 heteroatoms. The molecule has 0 bridgehead atoms. The minimum absolute atomic E-state index is 0.0894. The van der Waals surface area contributed by atoms with Crippen molar-refractivity contribution < 1.29 is 13.2 Å². The summed E-state index contributed by atoms with van der Waals surface area (Å²) in [6, 6.07) is 9.16. The summed E-state index contributed by atoms with van der Waals surface area (Å²) < 4.78 is 44.0. The van der Waals surface area contributed by atoms with Gasteiger partial charge in [-0.25, -0.2) is 13.2 Å². The second kappa shape index (κ2) is 10.3. The van der Waals surface area contributed by atoms with E-state index in [1.165, 1.54) is 0 Å². The third-order valence-electron chi connectivity index (χ3n) is 7.83. The van der Waals surface area contributed by atoms with E-state index in [9.17, 15) is 13.2 Å². The molecule has 2 fully saturated rings. The summed E-state index contributed by atoms with van der Waals surface area (Å²) in [7, 11) is 0. The number of aryl methyl sites for hydroxylation is 1. The van der Waals surface area contributed by atoms with E-state index in [-0.39, 0.29) is 17.7 Å². The topological polar surface area (TPSA) is 0 Å². The lowest BCUT2D eigenvalue weighted by molar-refractivity contribution is 0.339. The van der Waals surface area contributed by atoms with Crippen molar-refractivity contribution in [2.24, 2.45) is 11.8 Å². The number of halogens is 3. The molecule has 4 rings (SSSR count). The number of hydrogen-bond donors (Lipinski definition) is 0. The van der Waals surface area contributed by atoms with E-state index < -0.39 is 11.6 Å². The summed E-state index contributed by atoms with van der Waals surface area (Å²) in [5, 5.41) is 0. The molecule has 0 heterocycles. The fraction of sp³-hybridized carbons (Fsp3) is 0.517. The number of allylic oxidation sites excluding steroid dienone is 1. The molecule has 0 unspecified atom stereocenters. The van der Waals surface area contributed by atoms with Gasteiger partial charge in [0.25, 0.3) is 0 Å². The molecule has 0 spiro atoms. The van der Waals surface area contributed by atoms with Crippen LogP contribution in [0, 0.1) is 29.3 Å². The molecule has 172 valence electrons. The zero-order chi connectivity index (χ0) is 22.7. The van der Waals surface area contributed by atoms with Crippen molar-refractivity contribution >= 4 is 6.08 Å². The lowest BCUT2D eigenvalue weighted by Crippen LogP contribution is -2.13. The fourth-order valence-corrected chi connectivity index (χ4v) is 5.58. The molecule has 2 aliphatic carbocycles. The lowest BCUT2D eigenvalue weighted by Gasteiger charge is -2.27. The van der Waals surface area contributed by atoms with Gasteiger partial charge in [0.15, 0.2) is 11.6 Å². The van der Waals surface area contributed by atoms with E-state index in [1.807, 2.05) is 25.1 Å². The van der Waals surface area contributed by atoms with E-state index in [2.05, 4.69) is 6.92 Å². The highest BCUT2D eigenvalue weighted by atomic mass is 19.2. The van der Waals surface area contributed by atoms with Gasteiger partial charge in [0, 0.05) is 5.56 Å². The maximum absolute atomic E-state index is 14.8. The van der Waals surface area contributed by atoms with E-state index in [4.69, 9.17) is 0 Å². The summed E-state index contributed by atoms with van der Waals surface area (Å²) in [5.74, 6) is -0.0770. The number of hydrogen-bond acceptors (Lipinski definition) is 0. The Labute approximate surface area is 190 Å². The van der Waals surface area contributed by atoms with E-state index in [0.717, 1.165) is 68.9 Å². The maximum atomic E-state index is 14.8. The normalized spacial score (nSPS) is 26.5. The highest BCUT2D eigenvalue weighted by molar-refractivity contribution is 5.52. The first-order valence-electron chi connectivity index (χ1n) is 12.4. The summed E-state index contributed by atoms with van der Waals surface area (Å²) >= 11 is 0. The molecule has 32 heavy (non-hydrogen) atoms. The van der Waals surface area contributed by atoms with Gasteiger partial charge in [-0.3, -0.25) is 0 Å². The predicted molar refractivity (Wildman–Crippen MR) is 126 cm³/mol. The molecule has 0 radical (unpaired) electrons. The Bertz CT molecular complexity index is 945. The molecule has 0 N–H and O–H groups in total. The molecule has 0 atom stereocenters. The van der Waals surface area contributed by atoms with Crippen LogP contribution in [0.5, 0.6) is 0 Å². The van der Waals surface area contributed by atoms with Gasteiger partial charge >= 0.3 is 0 Å². The lowest BCUT2D eigenvalue weighted by atomic mass is 9.78. The van der Waals surface area contributed by atoms with E-state index in [0.29, 0.717) is 23.0 Å². The Hall–Kier alpha value is -2.03. The van der Waals surface area contributed by atoms with Crippen LogP contribution in [0.4, 0.5) is 13.2 Å². The van der Waals surface area contributed by atoms with E-state index in [1.54, 1.807) is 24.3 Å². The Kier molecular flexibility index (Phi) is 7.43. The van der Waals surface area contributed by atoms with Crippen LogP contribution in [0.15, 0.2) is 36.4 Å². The molecular weight excluding hydrogens is 405 g/mol. The van der Waals surface area contributed by atoms with Gasteiger partial charge in [0.2, 0.25) is 0 Å². The van der Waals surface area contributed by atoms with Crippen LogP contribution >= 0.6 is 0 Å². The fourth-order valence-electron chi connectivity index (χ4n) is 5.58. The smallest absolute Gasteiger partial charge is 0.166 e. The molecular formula is C29H35F3. The number of rotatable bonds is 5. The van der Waals surface area contributed by atoms with Gasteiger partial charge in [-0.05, 0) is 91.4 Å². The zero-order valence-electron chi connectivity index (χ0n) is 19.3. The minimum Gasteiger partial charge on any atom is -0.207 e. The van der Waals surface area contributed by atoms with Gasteiger partial charge in [-0.2, -0.15) is 0 Å². The highest BCUT2D eigenvalue weighted by Gasteiger charge is 2.25. The first kappa shape index (κ1) is 23.1. The first-order valence-corrected chi connectivity index (χ1v) is 12.4. The van der Waals surface area contributed by atoms with Crippen molar-refractivity contribution in [1.82, 2.24) is 0 Å². The molecule has 0 aromatic heterocycles. The molecule has 2 aliphatic rings. The third-order valence-corrected chi connectivity index (χ3v) is 7.83. The molecule has 0 saturated heterocycles.